The van der Waals surface area contributed by atoms with Crippen molar-refractivity contribution in [2.45, 2.75) is 32.1 Å². The first-order valence-corrected chi connectivity index (χ1v) is 8.65. The van der Waals surface area contributed by atoms with Crippen molar-refractivity contribution in [3.05, 3.63) is 52.6 Å². The van der Waals surface area contributed by atoms with Gasteiger partial charge >= 0.3 is 0 Å². The molecule has 0 saturated heterocycles. The van der Waals surface area contributed by atoms with Gasteiger partial charge in [0.15, 0.2) is 5.78 Å². The lowest BCUT2D eigenvalue weighted by molar-refractivity contribution is -0.126. The van der Waals surface area contributed by atoms with E-state index in [0.717, 1.165) is 0 Å². The van der Waals surface area contributed by atoms with Crippen molar-refractivity contribution < 1.29 is 19.4 Å². The number of nitrogens with zero attached hydrogens (tertiary/aromatic N) is 2. The molecule has 2 heterocycles. The second-order valence-corrected chi connectivity index (χ2v) is 7.83. The van der Waals surface area contributed by atoms with E-state index in [2.05, 4.69) is 0 Å². The lowest BCUT2D eigenvalue weighted by Crippen LogP contribution is -2.50. The highest BCUT2D eigenvalue weighted by molar-refractivity contribution is 6.20. The second-order valence-electron chi connectivity index (χ2n) is 7.83. The number of carbonyl (C=O) groups is 2. The van der Waals surface area contributed by atoms with Gasteiger partial charge in [0.05, 0.1) is 11.3 Å². The summed E-state index contributed by atoms with van der Waals surface area (Å²) < 4.78 is 5.68. The number of nitrogens with two attached hydrogens (primary N) is 1. The first-order valence-electron chi connectivity index (χ1n) is 8.65. The van der Waals surface area contributed by atoms with E-state index in [-0.39, 0.29) is 34.6 Å². The third-order valence-corrected chi connectivity index (χ3v) is 5.48. The van der Waals surface area contributed by atoms with E-state index in [1.807, 2.05) is 19.9 Å². The van der Waals surface area contributed by atoms with Crippen LogP contribution in [0.3, 0.4) is 0 Å². The minimum absolute atomic E-state index is 0.109. The maximum absolute atomic E-state index is 13.5. The number of amides is 1. The van der Waals surface area contributed by atoms with Gasteiger partial charge < -0.3 is 15.6 Å². The molecule has 4 rings (SSSR count). The summed E-state index contributed by atoms with van der Waals surface area (Å²) in [5.74, 6) is -0.653. The fourth-order valence-electron chi connectivity index (χ4n) is 4.48. The zero-order valence-corrected chi connectivity index (χ0v) is 15.1. The number of ketones is 1. The number of para-hydroxylation sites is 1. The number of aliphatic hydroxyl groups excluding tert-OH is 1. The van der Waals surface area contributed by atoms with E-state index < -0.39 is 18.1 Å². The Balaban J connectivity index is 2.11. The number of Topliss-reactive ketones (excluding diaryl/α,β-unsaturated/α-hetero) is 1. The highest BCUT2D eigenvalue weighted by Crippen LogP contribution is 2.57. The molecule has 27 heavy (non-hydrogen) atoms. The first-order chi connectivity index (χ1) is 12.8. The van der Waals surface area contributed by atoms with Gasteiger partial charge in [0, 0.05) is 18.4 Å². The molecule has 7 heteroatoms. The van der Waals surface area contributed by atoms with Crippen LogP contribution in [0.25, 0.3) is 0 Å². The largest absolute Gasteiger partial charge is 0.444 e. The van der Waals surface area contributed by atoms with Gasteiger partial charge in [-0.3, -0.25) is 14.5 Å². The molecule has 7 nitrogen and oxygen atoms in total. The molecule has 0 saturated carbocycles. The van der Waals surface area contributed by atoms with E-state index >= 15 is 0 Å². The van der Waals surface area contributed by atoms with E-state index in [1.54, 1.807) is 24.3 Å². The number of ether oxygens (including phenoxy) is 1. The lowest BCUT2D eigenvalue weighted by Gasteiger charge is -2.41. The molecule has 138 valence electrons. The van der Waals surface area contributed by atoms with Crippen molar-refractivity contribution in [3.8, 4) is 6.07 Å². The molecule has 1 aromatic carbocycles. The van der Waals surface area contributed by atoms with Crippen molar-refractivity contribution in [1.82, 2.24) is 0 Å². The maximum atomic E-state index is 13.5. The van der Waals surface area contributed by atoms with Crippen molar-refractivity contribution in [1.29, 1.82) is 5.26 Å². The lowest BCUT2D eigenvalue weighted by atomic mass is 9.62. The fourth-order valence-corrected chi connectivity index (χ4v) is 4.48. The van der Waals surface area contributed by atoms with Gasteiger partial charge in [-0.2, -0.15) is 5.26 Å². The van der Waals surface area contributed by atoms with E-state index in [1.165, 1.54) is 4.90 Å². The number of allylic oxidation sites excluding steroid dienone is 1. The normalized spacial score (nSPS) is 26.1. The van der Waals surface area contributed by atoms with Crippen molar-refractivity contribution in [3.63, 3.8) is 0 Å². The monoisotopic (exact) mass is 365 g/mol. The summed E-state index contributed by atoms with van der Waals surface area (Å²) in [7, 11) is 0. The molecule has 1 spiro atoms. The molecule has 0 bridgehead atoms. The molecular weight excluding hydrogens is 346 g/mol. The number of fused-ring (bicyclic) bond motifs is 3. The number of carbonyl (C=O) groups excluding carboxylic acids is 2. The second kappa shape index (κ2) is 5.44. The van der Waals surface area contributed by atoms with Crippen molar-refractivity contribution in [2.75, 3.05) is 11.6 Å². The zero-order chi connectivity index (χ0) is 19.6. The van der Waals surface area contributed by atoms with Crippen LogP contribution in [-0.4, -0.2) is 23.5 Å². The van der Waals surface area contributed by atoms with Crippen LogP contribution in [0.4, 0.5) is 5.69 Å². The Kier molecular flexibility index (Phi) is 3.49. The molecule has 0 fully saturated rings. The van der Waals surface area contributed by atoms with Crippen molar-refractivity contribution in [2.24, 2.45) is 11.1 Å². The predicted molar refractivity (Wildman–Crippen MR) is 95.7 cm³/mol. The molecule has 0 aromatic heterocycles. The third-order valence-electron chi connectivity index (χ3n) is 5.48. The number of anilines is 1. The molecular formula is C20H19N3O4. The summed E-state index contributed by atoms with van der Waals surface area (Å²) in [6.07, 6.45) is 0.647. The van der Waals surface area contributed by atoms with Crippen LogP contribution in [0.15, 0.2) is 47.1 Å². The van der Waals surface area contributed by atoms with Crippen LogP contribution in [0, 0.1) is 16.7 Å². The van der Waals surface area contributed by atoms with Crippen LogP contribution in [0.5, 0.6) is 0 Å². The average Bonchev–Trinajstić information content (AvgIpc) is 2.83. The molecule has 1 amide bonds. The van der Waals surface area contributed by atoms with Gasteiger partial charge in [0.1, 0.15) is 29.5 Å². The van der Waals surface area contributed by atoms with E-state index in [4.69, 9.17) is 10.5 Å². The zero-order valence-electron chi connectivity index (χ0n) is 15.1. The predicted octanol–water partition coefficient (Wildman–Crippen LogP) is 1.59. The highest BCUT2D eigenvalue weighted by Gasteiger charge is 2.62. The third kappa shape index (κ3) is 2.04. The quantitative estimate of drug-likeness (QED) is 0.780. The van der Waals surface area contributed by atoms with E-state index in [9.17, 15) is 20.0 Å². The molecule has 3 N–H and O–H groups in total. The summed E-state index contributed by atoms with van der Waals surface area (Å²) >= 11 is 0. The summed E-state index contributed by atoms with van der Waals surface area (Å²) in [4.78, 5) is 27.9. The smallest absolute Gasteiger partial charge is 0.249 e. The molecule has 1 aromatic rings. The van der Waals surface area contributed by atoms with Crippen molar-refractivity contribution >= 4 is 17.4 Å². The molecule has 2 aliphatic heterocycles. The number of hydrogen-bond acceptors (Lipinski definition) is 6. The van der Waals surface area contributed by atoms with Gasteiger partial charge in [-0.25, -0.2) is 0 Å². The Morgan fingerprint density at radius 3 is 2.67 bits per heavy atom. The summed E-state index contributed by atoms with van der Waals surface area (Å²) in [5, 5.41) is 19.6. The topological polar surface area (TPSA) is 117 Å². The number of nitriles is 1. The molecule has 0 radical (unpaired) electrons. The Morgan fingerprint density at radius 1 is 1.30 bits per heavy atom. The van der Waals surface area contributed by atoms with Crippen LogP contribution < -0.4 is 10.6 Å². The number of benzene rings is 1. The molecule has 1 aliphatic carbocycles. The highest BCUT2D eigenvalue weighted by atomic mass is 16.5. The van der Waals surface area contributed by atoms with Gasteiger partial charge in [-0.1, -0.05) is 32.0 Å². The van der Waals surface area contributed by atoms with Crippen LogP contribution in [0.1, 0.15) is 32.3 Å². The summed E-state index contributed by atoms with van der Waals surface area (Å²) in [6, 6.07) is 8.82. The summed E-state index contributed by atoms with van der Waals surface area (Å²) in [5.41, 5.74) is 5.01. The standard InChI is InChI=1S/C20H19N3O4/c1-19(2)7-14(25)16-15(8-19)27-17(22)12(9-21)20(16)11-5-3-4-6-13(11)23(10-24)18(20)26/h3-6,24H,7-8,10,22H2,1-2H3. The molecule has 1 atom stereocenters. The Morgan fingerprint density at radius 2 is 2.00 bits per heavy atom. The Labute approximate surface area is 156 Å². The van der Waals surface area contributed by atoms with Crippen LogP contribution >= 0.6 is 0 Å². The number of rotatable bonds is 1. The Hall–Kier alpha value is -3.11. The van der Waals surface area contributed by atoms with Crippen LogP contribution in [-0.2, 0) is 19.7 Å². The van der Waals surface area contributed by atoms with E-state index in [0.29, 0.717) is 23.4 Å². The summed E-state index contributed by atoms with van der Waals surface area (Å²) in [6.45, 7) is 3.31. The number of aliphatic hydroxyl groups is 1. The molecule has 1 unspecified atom stereocenters. The van der Waals surface area contributed by atoms with Gasteiger partial charge in [0.25, 0.3) is 0 Å². The molecule has 3 aliphatic rings. The van der Waals surface area contributed by atoms with Gasteiger partial charge in [-0.05, 0) is 11.5 Å². The minimum atomic E-state index is -1.67. The minimum Gasteiger partial charge on any atom is -0.444 e. The Bertz CT molecular complexity index is 999. The fraction of sp³-hybridized carbons (Fsp3) is 0.350. The first kappa shape index (κ1) is 17.3. The number of hydrogen-bond donors (Lipinski definition) is 2. The van der Waals surface area contributed by atoms with Gasteiger partial charge in [-0.15, -0.1) is 0 Å². The van der Waals surface area contributed by atoms with Gasteiger partial charge in [0.2, 0.25) is 11.8 Å². The average molecular weight is 365 g/mol. The SMILES string of the molecule is CC1(C)CC(=O)C2=C(C1)OC(N)=C(C#N)C21C(=O)N(CO)c2ccccc21. The maximum Gasteiger partial charge on any atom is 0.249 e. The van der Waals surface area contributed by atoms with Crippen LogP contribution in [0.2, 0.25) is 0 Å².